The number of nitro benzene ring substituents is 1. The maximum Gasteiger partial charge on any atom is 0.342 e. The van der Waals surface area contributed by atoms with Crippen LogP contribution in [0.5, 0.6) is 0 Å². The van der Waals surface area contributed by atoms with Crippen LogP contribution in [0, 0.1) is 10.1 Å². The Balaban J connectivity index is 2.40. The third-order valence-corrected chi connectivity index (χ3v) is 3.19. The number of benzene rings is 2. The quantitative estimate of drug-likeness (QED) is 0.154. The Morgan fingerprint density at radius 1 is 1.08 bits per heavy atom. The van der Waals surface area contributed by atoms with Gasteiger partial charge in [0.1, 0.15) is 5.57 Å². The first-order valence-electron chi connectivity index (χ1n) is 7.26. The highest BCUT2D eigenvalue weighted by Crippen LogP contribution is 2.17. The maximum atomic E-state index is 12.6. The number of ketones is 1. The smallest absolute Gasteiger partial charge is 0.342 e. The summed E-state index contributed by atoms with van der Waals surface area (Å²) in [6.45, 7) is 1.78. The van der Waals surface area contributed by atoms with Crippen LogP contribution in [0.1, 0.15) is 22.8 Å². The molecule has 6 heteroatoms. The normalized spacial score (nSPS) is 11.0. The van der Waals surface area contributed by atoms with E-state index in [-0.39, 0.29) is 17.9 Å². The molecular formula is C18H15NO5. The Hall–Kier alpha value is -3.28. The zero-order valence-electron chi connectivity index (χ0n) is 13.0. The van der Waals surface area contributed by atoms with E-state index >= 15 is 0 Å². The van der Waals surface area contributed by atoms with E-state index in [2.05, 4.69) is 0 Å². The summed E-state index contributed by atoms with van der Waals surface area (Å²) in [6.07, 6.45) is 1.37. The van der Waals surface area contributed by atoms with Crippen LogP contribution in [0.3, 0.4) is 0 Å². The van der Waals surface area contributed by atoms with E-state index < -0.39 is 16.7 Å². The lowest BCUT2D eigenvalue weighted by Crippen LogP contribution is -2.16. The lowest BCUT2D eigenvalue weighted by Gasteiger charge is -2.07. The second-order valence-corrected chi connectivity index (χ2v) is 4.82. The Kier molecular flexibility index (Phi) is 5.57. The number of non-ortho nitro benzene ring substituents is 1. The minimum Gasteiger partial charge on any atom is -0.462 e. The Morgan fingerprint density at radius 3 is 2.25 bits per heavy atom. The number of hydrogen-bond donors (Lipinski definition) is 0. The Morgan fingerprint density at radius 2 is 1.71 bits per heavy atom. The van der Waals surface area contributed by atoms with Crippen molar-refractivity contribution in [1.82, 2.24) is 0 Å². The number of Topliss-reactive ketones (excluding diaryl/α,β-unsaturated/α-hetero) is 1. The molecule has 0 fully saturated rings. The van der Waals surface area contributed by atoms with Gasteiger partial charge in [-0.2, -0.15) is 0 Å². The fourth-order valence-electron chi connectivity index (χ4n) is 2.03. The predicted octanol–water partition coefficient (Wildman–Crippen LogP) is 3.42. The topological polar surface area (TPSA) is 86.5 Å². The van der Waals surface area contributed by atoms with Gasteiger partial charge >= 0.3 is 5.97 Å². The molecule has 6 nitrogen and oxygen atoms in total. The predicted molar refractivity (Wildman–Crippen MR) is 88.5 cm³/mol. The van der Waals surface area contributed by atoms with Crippen molar-refractivity contribution in [2.45, 2.75) is 6.92 Å². The summed E-state index contributed by atoms with van der Waals surface area (Å²) in [5.41, 5.74) is 0.655. The first-order valence-corrected chi connectivity index (χ1v) is 7.26. The molecule has 2 aromatic carbocycles. The summed E-state index contributed by atoms with van der Waals surface area (Å²) in [5, 5.41) is 10.7. The van der Waals surface area contributed by atoms with Gasteiger partial charge in [-0.25, -0.2) is 4.79 Å². The van der Waals surface area contributed by atoms with Gasteiger partial charge < -0.3 is 4.74 Å². The molecule has 2 rings (SSSR count). The van der Waals surface area contributed by atoms with E-state index in [0.717, 1.165) is 0 Å². The third-order valence-electron chi connectivity index (χ3n) is 3.19. The van der Waals surface area contributed by atoms with Gasteiger partial charge in [0.05, 0.1) is 11.5 Å². The fourth-order valence-corrected chi connectivity index (χ4v) is 2.03. The molecule has 0 N–H and O–H groups in total. The molecule has 0 saturated carbocycles. The van der Waals surface area contributed by atoms with E-state index in [1.807, 2.05) is 0 Å². The number of rotatable bonds is 6. The molecule has 0 aliphatic rings. The van der Waals surface area contributed by atoms with Crippen molar-refractivity contribution in [2.75, 3.05) is 6.61 Å². The van der Waals surface area contributed by atoms with Crippen LogP contribution >= 0.6 is 0 Å². The van der Waals surface area contributed by atoms with Crippen LogP contribution in [0.15, 0.2) is 60.2 Å². The zero-order chi connectivity index (χ0) is 17.5. The summed E-state index contributed by atoms with van der Waals surface area (Å²) in [5.74, 6) is -1.20. The van der Waals surface area contributed by atoms with Gasteiger partial charge in [0.25, 0.3) is 5.69 Å². The molecule has 0 bridgehead atoms. The largest absolute Gasteiger partial charge is 0.462 e. The monoisotopic (exact) mass is 325 g/mol. The van der Waals surface area contributed by atoms with Crippen LogP contribution in [0.4, 0.5) is 5.69 Å². The number of hydrogen-bond acceptors (Lipinski definition) is 5. The van der Waals surface area contributed by atoms with Crippen molar-refractivity contribution in [3.8, 4) is 0 Å². The summed E-state index contributed by atoms with van der Waals surface area (Å²) < 4.78 is 4.94. The maximum absolute atomic E-state index is 12.6. The van der Waals surface area contributed by atoms with Crippen LogP contribution in [0.25, 0.3) is 6.08 Å². The molecule has 0 saturated heterocycles. The first kappa shape index (κ1) is 17.1. The van der Waals surface area contributed by atoms with Crippen molar-refractivity contribution >= 4 is 23.5 Å². The first-order chi connectivity index (χ1) is 11.5. The average molecular weight is 325 g/mol. The van der Waals surface area contributed by atoms with Crippen molar-refractivity contribution in [3.63, 3.8) is 0 Å². The molecule has 0 aliphatic carbocycles. The fraction of sp³-hybridized carbons (Fsp3) is 0.111. The van der Waals surface area contributed by atoms with Crippen molar-refractivity contribution in [3.05, 3.63) is 81.4 Å². The number of nitrogens with zero attached hydrogens (tertiary/aromatic N) is 1. The zero-order valence-corrected chi connectivity index (χ0v) is 13.0. The molecule has 0 aromatic heterocycles. The van der Waals surface area contributed by atoms with Gasteiger partial charge in [-0.05, 0) is 30.7 Å². The van der Waals surface area contributed by atoms with Crippen LogP contribution in [-0.2, 0) is 9.53 Å². The molecule has 122 valence electrons. The average Bonchev–Trinajstić information content (AvgIpc) is 2.60. The van der Waals surface area contributed by atoms with E-state index in [0.29, 0.717) is 11.1 Å². The molecular weight excluding hydrogens is 310 g/mol. The van der Waals surface area contributed by atoms with Gasteiger partial charge in [0, 0.05) is 17.7 Å². The summed E-state index contributed by atoms with van der Waals surface area (Å²) >= 11 is 0. The molecule has 0 radical (unpaired) electrons. The van der Waals surface area contributed by atoms with E-state index in [9.17, 15) is 19.7 Å². The molecule has 0 atom stereocenters. The second-order valence-electron chi connectivity index (χ2n) is 4.82. The minimum absolute atomic E-state index is 0.0702. The second kappa shape index (κ2) is 7.82. The molecule has 0 amide bonds. The minimum atomic E-state index is -0.732. The number of ether oxygens (including phenoxy) is 1. The van der Waals surface area contributed by atoms with E-state index in [1.165, 1.54) is 30.3 Å². The molecule has 0 unspecified atom stereocenters. The molecule has 0 aliphatic heterocycles. The van der Waals surface area contributed by atoms with Crippen molar-refractivity contribution in [1.29, 1.82) is 0 Å². The Bertz CT molecular complexity index is 779. The summed E-state index contributed by atoms with van der Waals surface area (Å²) in [6, 6.07) is 13.9. The van der Waals surface area contributed by atoms with Gasteiger partial charge in [-0.15, -0.1) is 0 Å². The molecule has 2 aromatic rings. The van der Waals surface area contributed by atoms with Crippen LogP contribution < -0.4 is 0 Å². The van der Waals surface area contributed by atoms with Gasteiger partial charge in [-0.3, -0.25) is 14.9 Å². The highest BCUT2D eigenvalue weighted by atomic mass is 16.6. The SMILES string of the molecule is CCOC(=O)C(=Cc1ccc([N+](=O)[O-])cc1)C(=O)c1ccccc1. The summed E-state index contributed by atoms with van der Waals surface area (Å²) in [7, 11) is 0. The van der Waals surface area contributed by atoms with Gasteiger partial charge in [0.2, 0.25) is 0 Å². The van der Waals surface area contributed by atoms with Gasteiger partial charge in [0.15, 0.2) is 5.78 Å². The highest BCUT2D eigenvalue weighted by Gasteiger charge is 2.21. The number of nitro groups is 1. The van der Waals surface area contributed by atoms with Gasteiger partial charge in [-0.1, -0.05) is 30.3 Å². The molecule has 24 heavy (non-hydrogen) atoms. The van der Waals surface area contributed by atoms with Crippen molar-refractivity contribution in [2.24, 2.45) is 0 Å². The van der Waals surface area contributed by atoms with Crippen LogP contribution in [-0.4, -0.2) is 23.3 Å². The van der Waals surface area contributed by atoms with E-state index in [1.54, 1.807) is 37.3 Å². The van der Waals surface area contributed by atoms with Crippen LogP contribution in [0.2, 0.25) is 0 Å². The standard InChI is InChI=1S/C18H15NO5/c1-2-24-18(21)16(17(20)14-6-4-3-5-7-14)12-13-8-10-15(11-9-13)19(22)23/h3-12H,2H2,1H3. The Labute approximate surface area is 138 Å². The van der Waals surface area contributed by atoms with E-state index in [4.69, 9.17) is 4.74 Å². The lowest BCUT2D eigenvalue weighted by molar-refractivity contribution is -0.384. The molecule has 0 spiro atoms. The summed E-state index contributed by atoms with van der Waals surface area (Å²) in [4.78, 5) is 34.8. The van der Waals surface area contributed by atoms with Crippen molar-refractivity contribution < 1.29 is 19.2 Å². The number of esters is 1. The molecule has 0 heterocycles. The number of carbonyl (C=O) groups excluding carboxylic acids is 2. The third kappa shape index (κ3) is 4.13. The lowest BCUT2D eigenvalue weighted by atomic mass is 10.0. The number of carbonyl (C=O) groups is 2. The highest BCUT2D eigenvalue weighted by molar-refractivity contribution is 6.26.